The summed E-state index contributed by atoms with van der Waals surface area (Å²) >= 11 is 5.92. The zero-order valence-electron chi connectivity index (χ0n) is 11.1. The predicted molar refractivity (Wildman–Crippen MR) is 79.7 cm³/mol. The second kappa shape index (κ2) is 6.25. The molecule has 0 spiro atoms. The lowest BCUT2D eigenvalue weighted by Crippen LogP contribution is -2.13. The summed E-state index contributed by atoms with van der Waals surface area (Å²) in [6.45, 7) is 0. The van der Waals surface area contributed by atoms with Crippen molar-refractivity contribution in [3.63, 3.8) is 0 Å². The molecular weight excluding hydrogens is 278 g/mol. The van der Waals surface area contributed by atoms with E-state index in [4.69, 9.17) is 16.3 Å². The third-order valence-corrected chi connectivity index (χ3v) is 2.93. The van der Waals surface area contributed by atoms with Crippen molar-refractivity contribution in [1.29, 1.82) is 0 Å². The highest BCUT2D eigenvalue weighted by molar-refractivity contribution is 6.31. The Hall–Kier alpha value is -2.27. The quantitative estimate of drug-likeness (QED) is 0.909. The van der Waals surface area contributed by atoms with E-state index in [9.17, 15) is 4.79 Å². The van der Waals surface area contributed by atoms with Crippen molar-refractivity contribution in [2.75, 3.05) is 24.8 Å². The Labute approximate surface area is 121 Å². The smallest absolute Gasteiger partial charge is 0.257 e. The first kappa shape index (κ1) is 14.1. The fourth-order valence-electron chi connectivity index (χ4n) is 1.65. The summed E-state index contributed by atoms with van der Waals surface area (Å²) in [7, 11) is 3.29. The van der Waals surface area contributed by atoms with Gasteiger partial charge in [0.2, 0.25) is 0 Å². The summed E-state index contributed by atoms with van der Waals surface area (Å²) in [6, 6.07) is 8.43. The molecule has 0 radical (unpaired) electrons. The van der Waals surface area contributed by atoms with Crippen molar-refractivity contribution in [2.45, 2.75) is 0 Å². The highest BCUT2D eigenvalue weighted by Crippen LogP contribution is 2.28. The molecule has 0 aliphatic heterocycles. The van der Waals surface area contributed by atoms with Crippen LogP contribution in [0, 0.1) is 0 Å². The van der Waals surface area contributed by atoms with Gasteiger partial charge in [-0.3, -0.25) is 4.79 Å². The largest absolute Gasteiger partial charge is 0.495 e. The maximum Gasteiger partial charge on any atom is 0.257 e. The van der Waals surface area contributed by atoms with E-state index < -0.39 is 0 Å². The molecule has 104 valence electrons. The number of halogens is 1. The lowest BCUT2D eigenvalue weighted by Gasteiger charge is -2.10. The summed E-state index contributed by atoms with van der Waals surface area (Å²) in [6.07, 6.45) is 1.50. The molecular formula is C14H14ClN3O2. The summed E-state index contributed by atoms with van der Waals surface area (Å²) < 4.78 is 5.17. The first-order chi connectivity index (χ1) is 9.63. The van der Waals surface area contributed by atoms with Crippen molar-refractivity contribution < 1.29 is 9.53 Å². The van der Waals surface area contributed by atoms with Gasteiger partial charge in [0.15, 0.2) is 0 Å². The van der Waals surface area contributed by atoms with Crippen molar-refractivity contribution in [3.8, 4) is 5.75 Å². The van der Waals surface area contributed by atoms with Crippen LogP contribution >= 0.6 is 11.6 Å². The zero-order chi connectivity index (χ0) is 14.5. The fraction of sp³-hybridized carbons (Fsp3) is 0.143. The Morgan fingerprint density at radius 2 is 2.10 bits per heavy atom. The number of pyridine rings is 1. The summed E-state index contributed by atoms with van der Waals surface area (Å²) in [4.78, 5) is 16.2. The van der Waals surface area contributed by atoms with Crippen LogP contribution in [0.25, 0.3) is 0 Å². The van der Waals surface area contributed by atoms with Gasteiger partial charge >= 0.3 is 0 Å². The van der Waals surface area contributed by atoms with E-state index in [-0.39, 0.29) is 5.91 Å². The second-order valence-electron chi connectivity index (χ2n) is 3.98. The lowest BCUT2D eigenvalue weighted by molar-refractivity contribution is 0.102. The average Bonchev–Trinajstić information content (AvgIpc) is 2.47. The van der Waals surface area contributed by atoms with E-state index >= 15 is 0 Å². The molecule has 0 unspecified atom stereocenters. The number of nitrogens with zero attached hydrogens (tertiary/aromatic N) is 1. The van der Waals surface area contributed by atoms with E-state index in [1.807, 2.05) is 0 Å². The highest BCUT2D eigenvalue weighted by Gasteiger charge is 2.10. The molecule has 0 atom stereocenters. The standard InChI is InChI=1S/C14H14ClN3O2/c1-16-13-6-3-9(8-17-13)14(19)18-11-7-10(15)4-5-12(11)20-2/h3-8H,1-2H3,(H,16,17)(H,18,19). The molecule has 0 bridgehead atoms. The number of methoxy groups -OCH3 is 1. The van der Waals surface area contributed by atoms with Crippen molar-refractivity contribution in [2.24, 2.45) is 0 Å². The lowest BCUT2D eigenvalue weighted by atomic mass is 10.2. The van der Waals surface area contributed by atoms with E-state index in [0.717, 1.165) is 0 Å². The average molecular weight is 292 g/mol. The van der Waals surface area contributed by atoms with E-state index in [1.165, 1.54) is 13.3 Å². The van der Waals surface area contributed by atoms with E-state index in [1.54, 1.807) is 37.4 Å². The van der Waals surface area contributed by atoms with Crippen LogP contribution in [0.3, 0.4) is 0 Å². The molecule has 0 aliphatic carbocycles. The summed E-state index contributed by atoms with van der Waals surface area (Å²) in [5.41, 5.74) is 0.966. The second-order valence-corrected chi connectivity index (χ2v) is 4.42. The van der Waals surface area contributed by atoms with Gasteiger partial charge in [0, 0.05) is 18.3 Å². The van der Waals surface area contributed by atoms with Crippen molar-refractivity contribution >= 4 is 29.0 Å². The molecule has 6 heteroatoms. The third kappa shape index (κ3) is 3.19. The molecule has 1 aromatic heterocycles. The van der Waals surface area contributed by atoms with Gasteiger partial charge in [-0.25, -0.2) is 4.98 Å². The minimum absolute atomic E-state index is 0.277. The molecule has 2 aromatic rings. The van der Waals surface area contributed by atoms with Gasteiger partial charge in [-0.1, -0.05) is 11.6 Å². The Balaban J connectivity index is 2.20. The van der Waals surface area contributed by atoms with Crippen molar-refractivity contribution in [1.82, 2.24) is 4.98 Å². The maximum absolute atomic E-state index is 12.1. The Bertz CT molecular complexity index is 614. The molecule has 20 heavy (non-hydrogen) atoms. The summed E-state index contributed by atoms with van der Waals surface area (Å²) in [5.74, 6) is 0.963. The molecule has 0 saturated heterocycles. The maximum atomic E-state index is 12.1. The predicted octanol–water partition coefficient (Wildman–Crippen LogP) is 3.04. The number of benzene rings is 1. The number of rotatable bonds is 4. The molecule has 0 aliphatic rings. The van der Waals surface area contributed by atoms with Crippen LogP contribution in [0.2, 0.25) is 5.02 Å². The van der Waals surface area contributed by atoms with Gasteiger partial charge in [0.25, 0.3) is 5.91 Å². The molecule has 2 N–H and O–H groups in total. The first-order valence-electron chi connectivity index (χ1n) is 5.92. The van der Waals surface area contributed by atoms with Crippen molar-refractivity contribution in [3.05, 3.63) is 47.1 Å². The van der Waals surface area contributed by atoms with Crippen LogP contribution in [0.15, 0.2) is 36.5 Å². The number of amides is 1. The minimum Gasteiger partial charge on any atom is -0.495 e. The Morgan fingerprint density at radius 3 is 2.70 bits per heavy atom. The molecule has 2 rings (SSSR count). The molecule has 0 saturated carbocycles. The Morgan fingerprint density at radius 1 is 1.30 bits per heavy atom. The normalized spacial score (nSPS) is 9.95. The topological polar surface area (TPSA) is 63.2 Å². The van der Waals surface area contributed by atoms with E-state index in [0.29, 0.717) is 27.8 Å². The van der Waals surface area contributed by atoms with Crippen LogP contribution in [0.4, 0.5) is 11.5 Å². The number of nitrogens with one attached hydrogen (secondary N) is 2. The molecule has 1 amide bonds. The molecule has 0 fully saturated rings. The molecule has 1 aromatic carbocycles. The minimum atomic E-state index is -0.277. The monoisotopic (exact) mass is 291 g/mol. The van der Waals surface area contributed by atoms with Crippen LogP contribution in [-0.4, -0.2) is 25.0 Å². The van der Waals surface area contributed by atoms with Gasteiger partial charge in [-0.05, 0) is 30.3 Å². The Kier molecular flexibility index (Phi) is 4.42. The number of carbonyl (C=O) groups excluding carboxylic acids is 1. The van der Waals surface area contributed by atoms with Gasteiger partial charge in [0.1, 0.15) is 11.6 Å². The van der Waals surface area contributed by atoms with E-state index in [2.05, 4.69) is 15.6 Å². The SMILES string of the molecule is CNc1ccc(C(=O)Nc2cc(Cl)ccc2OC)cn1. The molecule has 5 nitrogen and oxygen atoms in total. The van der Waals surface area contributed by atoms with Gasteiger partial charge in [-0.2, -0.15) is 0 Å². The van der Waals surface area contributed by atoms with Gasteiger partial charge < -0.3 is 15.4 Å². The number of aromatic nitrogens is 1. The number of hydrogen-bond donors (Lipinski definition) is 2. The first-order valence-corrected chi connectivity index (χ1v) is 6.30. The third-order valence-electron chi connectivity index (χ3n) is 2.69. The number of carbonyl (C=O) groups is 1. The van der Waals surface area contributed by atoms with Gasteiger partial charge in [0.05, 0.1) is 18.4 Å². The zero-order valence-corrected chi connectivity index (χ0v) is 11.9. The van der Waals surface area contributed by atoms with Crippen LogP contribution in [-0.2, 0) is 0 Å². The van der Waals surface area contributed by atoms with Crippen LogP contribution < -0.4 is 15.4 Å². The summed E-state index contributed by atoms with van der Waals surface area (Å²) in [5, 5.41) is 6.15. The number of ether oxygens (including phenoxy) is 1. The number of hydrogen-bond acceptors (Lipinski definition) is 4. The highest BCUT2D eigenvalue weighted by atomic mass is 35.5. The van der Waals surface area contributed by atoms with Gasteiger partial charge in [-0.15, -0.1) is 0 Å². The number of anilines is 2. The van der Waals surface area contributed by atoms with Crippen LogP contribution in [0.1, 0.15) is 10.4 Å². The molecule has 1 heterocycles. The fourth-order valence-corrected chi connectivity index (χ4v) is 1.82. The van der Waals surface area contributed by atoms with Crippen LogP contribution in [0.5, 0.6) is 5.75 Å².